The largest absolute Gasteiger partial charge is 0.346 e. The Labute approximate surface area is 189 Å². The SMILES string of the molecule is C=CCNC(=O)C(=O)C(CC)NC(=O)[C@@H]1[C@@H]2[C@H](CN1C(=O)[C@@H](N=C=O)C(C)(C)C)C2(C)C. The molecule has 0 bridgehead atoms. The van der Waals surface area contributed by atoms with Crippen LogP contribution in [0.3, 0.4) is 0 Å². The summed E-state index contributed by atoms with van der Waals surface area (Å²) in [6.07, 6.45) is 3.16. The van der Waals surface area contributed by atoms with Gasteiger partial charge >= 0.3 is 0 Å². The number of isocyanates is 1. The summed E-state index contributed by atoms with van der Waals surface area (Å²) in [5.41, 5.74) is -0.764. The molecule has 1 aliphatic carbocycles. The second-order valence-corrected chi connectivity index (χ2v) is 10.2. The number of amides is 3. The van der Waals surface area contributed by atoms with E-state index in [9.17, 15) is 24.0 Å². The molecule has 2 N–H and O–H groups in total. The fourth-order valence-corrected chi connectivity index (χ4v) is 4.66. The highest BCUT2D eigenvalue weighted by atomic mass is 16.2. The number of nitrogens with zero attached hydrogens (tertiary/aromatic N) is 2. The van der Waals surface area contributed by atoms with Crippen LogP contribution in [-0.2, 0) is 24.0 Å². The average Bonchev–Trinajstić information content (AvgIpc) is 3.05. The second kappa shape index (κ2) is 9.36. The number of carbonyl (C=O) groups excluding carboxylic acids is 5. The van der Waals surface area contributed by atoms with Gasteiger partial charge in [-0.25, -0.2) is 4.79 Å². The van der Waals surface area contributed by atoms with Crippen molar-refractivity contribution in [1.82, 2.24) is 15.5 Å². The molecule has 2 fully saturated rings. The van der Waals surface area contributed by atoms with Gasteiger partial charge in [-0.2, -0.15) is 4.99 Å². The van der Waals surface area contributed by atoms with Gasteiger partial charge in [0.15, 0.2) is 0 Å². The van der Waals surface area contributed by atoms with Gasteiger partial charge in [-0.05, 0) is 29.1 Å². The van der Waals surface area contributed by atoms with Gasteiger partial charge in [0.1, 0.15) is 12.1 Å². The minimum absolute atomic E-state index is 0.0746. The van der Waals surface area contributed by atoms with E-state index in [2.05, 4.69) is 22.2 Å². The molecular formula is C23H34N4O5. The first-order valence-electron chi connectivity index (χ1n) is 10.9. The monoisotopic (exact) mass is 446 g/mol. The van der Waals surface area contributed by atoms with Crippen LogP contribution < -0.4 is 10.6 Å². The van der Waals surface area contributed by atoms with Gasteiger partial charge in [-0.15, -0.1) is 6.58 Å². The third-order valence-corrected chi connectivity index (χ3v) is 6.67. The lowest BCUT2D eigenvalue weighted by Gasteiger charge is -2.35. The number of hydrogen-bond acceptors (Lipinski definition) is 6. The number of fused-ring (bicyclic) bond motifs is 1. The molecule has 1 aliphatic heterocycles. The van der Waals surface area contributed by atoms with Crippen LogP contribution >= 0.6 is 0 Å². The maximum absolute atomic E-state index is 13.3. The van der Waals surface area contributed by atoms with E-state index in [1.54, 1.807) is 27.7 Å². The lowest BCUT2D eigenvalue weighted by molar-refractivity contribution is -0.144. The molecule has 0 radical (unpaired) electrons. The lowest BCUT2D eigenvalue weighted by Crippen LogP contribution is -2.57. The van der Waals surface area contributed by atoms with Crippen molar-refractivity contribution in [2.24, 2.45) is 27.7 Å². The highest BCUT2D eigenvalue weighted by Gasteiger charge is 2.69. The standard InChI is InChI=1S/C23H34N4O5/c1-8-10-24-20(31)17(29)14(9-2)26-19(30)16-15-13(23(15,6)7)11-27(16)21(32)18(25-12-28)22(3,4)5/h8,13-16,18H,1,9-11H2,2-7H3,(H,24,31)(H,26,30)/t13-,14?,15-,16-,18+/m0/s1. The molecular weight excluding hydrogens is 412 g/mol. The predicted octanol–water partition coefficient (Wildman–Crippen LogP) is 0.986. The third-order valence-electron chi connectivity index (χ3n) is 6.67. The van der Waals surface area contributed by atoms with Gasteiger partial charge in [-0.3, -0.25) is 19.2 Å². The Bertz CT molecular complexity index is 853. The van der Waals surface area contributed by atoms with Crippen LogP contribution in [0.15, 0.2) is 17.6 Å². The molecule has 176 valence electrons. The summed E-state index contributed by atoms with van der Waals surface area (Å²) in [4.78, 5) is 67.3. The Morgan fingerprint density at radius 3 is 2.41 bits per heavy atom. The Balaban J connectivity index is 2.26. The minimum Gasteiger partial charge on any atom is -0.346 e. The number of carbonyl (C=O) groups is 4. The molecule has 1 unspecified atom stereocenters. The predicted molar refractivity (Wildman–Crippen MR) is 118 cm³/mol. The fraction of sp³-hybridized carbons (Fsp3) is 0.696. The number of nitrogens with one attached hydrogen (secondary N) is 2. The summed E-state index contributed by atoms with van der Waals surface area (Å²) < 4.78 is 0. The van der Waals surface area contributed by atoms with Crippen LogP contribution in [0.2, 0.25) is 0 Å². The van der Waals surface area contributed by atoms with E-state index < -0.39 is 47.0 Å². The molecule has 9 nitrogen and oxygen atoms in total. The second-order valence-electron chi connectivity index (χ2n) is 10.2. The summed E-state index contributed by atoms with van der Waals surface area (Å²) in [5.74, 6) is -2.37. The first-order chi connectivity index (χ1) is 14.8. The number of ketones is 1. The molecule has 32 heavy (non-hydrogen) atoms. The first kappa shape index (κ1) is 25.5. The Kier molecular flexibility index (Phi) is 7.45. The number of aliphatic imine (C=N–C) groups is 1. The smallest absolute Gasteiger partial charge is 0.289 e. The molecule has 3 amide bonds. The Morgan fingerprint density at radius 2 is 1.91 bits per heavy atom. The summed E-state index contributed by atoms with van der Waals surface area (Å²) in [5, 5.41) is 5.10. The van der Waals surface area contributed by atoms with Crippen molar-refractivity contribution in [1.29, 1.82) is 0 Å². The first-order valence-corrected chi connectivity index (χ1v) is 10.9. The van der Waals surface area contributed by atoms with Gasteiger partial charge < -0.3 is 15.5 Å². The van der Waals surface area contributed by atoms with Crippen LogP contribution in [0.4, 0.5) is 0 Å². The van der Waals surface area contributed by atoms with E-state index in [1.165, 1.54) is 17.1 Å². The van der Waals surface area contributed by atoms with E-state index in [1.807, 2.05) is 13.8 Å². The number of likely N-dealkylation sites (tertiary alicyclic amines) is 1. The lowest BCUT2D eigenvalue weighted by atomic mass is 9.85. The molecule has 1 saturated heterocycles. The average molecular weight is 447 g/mol. The van der Waals surface area contributed by atoms with E-state index in [0.717, 1.165) is 0 Å². The molecule has 0 aromatic carbocycles. The minimum atomic E-state index is -1.00. The van der Waals surface area contributed by atoms with Crippen LogP contribution in [-0.4, -0.2) is 65.7 Å². The molecule has 1 saturated carbocycles. The maximum atomic E-state index is 13.3. The normalized spacial score (nSPS) is 24.9. The van der Waals surface area contributed by atoms with Crippen molar-refractivity contribution in [3.05, 3.63) is 12.7 Å². The molecule has 2 aliphatic rings. The zero-order valence-corrected chi connectivity index (χ0v) is 19.7. The van der Waals surface area contributed by atoms with E-state index in [0.29, 0.717) is 6.54 Å². The molecule has 2 rings (SSSR count). The van der Waals surface area contributed by atoms with Crippen LogP contribution in [0.5, 0.6) is 0 Å². The van der Waals surface area contributed by atoms with Gasteiger partial charge in [0, 0.05) is 13.1 Å². The molecule has 0 spiro atoms. The van der Waals surface area contributed by atoms with E-state index >= 15 is 0 Å². The van der Waals surface area contributed by atoms with Crippen molar-refractivity contribution in [2.75, 3.05) is 13.1 Å². The summed E-state index contributed by atoms with van der Waals surface area (Å²) in [7, 11) is 0. The molecule has 9 heteroatoms. The number of rotatable bonds is 9. The van der Waals surface area contributed by atoms with Crippen LogP contribution in [0.25, 0.3) is 0 Å². The van der Waals surface area contributed by atoms with Gasteiger partial charge in [0.05, 0.1) is 6.04 Å². The van der Waals surface area contributed by atoms with Gasteiger partial charge in [0.2, 0.25) is 23.7 Å². The van der Waals surface area contributed by atoms with Gasteiger partial charge in [0.25, 0.3) is 5.91 Å². The zero-order valence-electron chi connectivity index (χ0n) is 19.7. The van der Waals surface area contributed by atoms with Crippen LogP contribution in [0.1, 0.15) is 48.0 Å². The van der Waals surface area contributed by atoms with E-state index in [-0.39, 0.29) is 30.2 Å². The van der Waals surface area contributed by atoms with Crippen molar-refractivity contribution >= 4 is 29.6 Å². The number of Topliss-reactive ketones (excluding diaryl/α,β-unsaturated/α-hetero) is 1. The van der Waals surface area contributed by atoms with Crippen molar-refractivity contribution in [3.63, 3.8) is 0 Å². The Hall–Kier alpha value is -2.80. The number of hydrogen-bond donors (Lipinski definition) is 2. The molecule has 5 atom stereocenters. The highest BCUT2D eigenvalue weighted by molar-refractivity contribution is 6.38. The van der Waals surface area contributed by atoms with Crippen molar-refractivity contribution in [3.8, 4) is 0 Å². The summed E-state index contributed by atoms with van der Waals surface area (Å²) >= 11 is 0. The molecule has 1 heterocycles. The summed E-state index contributed by atoms with van der Waals surface area (Å²) in [6.45, 7) is 15.2. The van der Waals surface area contributed by atoms with Crippen molar-refractivity contribution < 1.29 is 24.0 Å². The fourth-order valence-electron chi connectivity index (χ4n) is 4.66. The van der Waals surface area contributed by atoms with Gasteiger partial charge in [-0.1, -0.05) is 47.6 Å². The summed E-state index contributed by atoms with van der Waals surface area (Å²) in [6, 6.07) is -2.77. The molecule has 0 aromatic heterocycles. The van der Waals surface area contributed by atoms with Crippen molar-refractivity contribution in [2.45, 2.75) is 66.1 Å². The topological polar surface area (TPSA) is 125 Å². The quantitative estimate of drug-likeness (QED) is 0.236. The molecule has 0 aromatic rings. The maximum Gasteiger partial charge on any atom is 0.289 e. The Morgan fingerprint density at radius 1 is 1.28 bits per heavy atom. The third kappa shape index (κ3) is 4.83. The number of piperidine rings is 1. The van der Waals surface area contributed by atoms with Crippen LogP contribution in [0, 0.1) is 22.7 Å². The van der Waals surface area contributed by atoms with E-state index in [4.69, 9.17) is 0 Å². The highest BCUT2D eigenvalue weighted by Crippen LogP contribution is 2.65. The zero-order chi connectivity index (χ0) is 24.4.